The number of fused-ring (bicyclic) bond motifs is 1. The largest absolute Gasteiger partial charge is 0.573 e. The summed E-state index contributed by atoms with van der Waals surface area (Å²) in [6.45, 7) is 1.17. The molecular weight excluding hydrogens is 429 g/mol. The van der Waals surface area contributed by atoms with Crippen LogP contribution in [0.25, 0.3) is 10.9 Å². The highest BCUT2D eigenvalue weighted by Gasteiger charge is 2.33. The number of rotatable bonds is 7. The number of hydrogen-bond donors (Lipinski definition) is 0. The first-order valence-electron chi connectivity index (χ1n) is 9.77. The molecule has 1 heterocycles. The van der Waals surface area contributed by atoms with Gasteiger partial charge in [-0.2, -0.15) is 0 Å². The number of ether oxygens (including phenoxy) is 2. The molecule has 0 N–H and O–H groups in total. The number of carbonyl (C=O) groups is 1. The number of hydrogen-bond acceptors (Lipinski definition) is 5. The molecule has 0 bridgehead atoms. The van der Waals surface area contributed by atoms with E-state index in [0.717, 1.165) is 10.6 Å². The highest BCUT2D eigenvalue weighted by atomic mass is 19.4. The maximum atomic E-state index is 13.3. The van der Waals surface area contributed by atoms with E-state index in [9.17, 15) is 27.6 Å². The average Bonchev–Trinajstić information content (AvgIpc) is 2.72. The van der Waals surface area contributed by atoms with Crippen molar-refractivity contribution >= 4 is 16.9 Å². The molecule has 0 atom stereocenters. The number of aryl methyl sites for hydroxylation is 1. The van der Waals surface area contributed by atoms with Crippen molar-refractivity contribution in [1.82, 2.24) is 9.13 Å². The van der Waals surface area contributed by atoms with Crippen molar-refractivity contribution in [2.75, 3.05) is 6.61 Å². The molecule has 0 aliphatic carbocycles. The van der Waals surface area contributed by atoms with Gasteiger partial charge in [-0.3, -0.25) is 18.7 Å². The zero-order valence-electron chi connectivity index (χ0n) is 17.4. The Balaban J connectivity index is 2.20. The van der Waals surface area contributed by atoms with Crippen LogP contribution in [0.15, 0.2) is 52.1 Å². The average molecular weight is 450 g/mol. The SMILES string of the molecule is CC(=O)OCCCn1c(=O)c2c(Cc3ccccc3)c(OC(F)(F)F)ccc2n(C)c1=O. The van der Waals surface area contributed by atoms with Gasteiger partial charge in [-0.05, 0) is 24.1 Å². The second-order valence-corrected chi connectivity index (χ2v) is 7.14. The lowest BCUT2D eigenvalue weighted by atomic mass is 10.00. The van der Waals surface area contributed by atoms with E-state index < -0.39 is 29.3 Å². The Morgan fingerprint density at radius 3 is 2.38 bits per heavy atom. The molecule has 0 saturated heterocycles. The van der Waals surface area contributed by atoms with Crippen LogP contribution in [0.1, 0.15) is 24.5 Å². The number of carbonyl (C=O) groups excluding carboxylic acids is 1. The molecule has 0 spiro atoms. The summed E-state index contributed by atoms with van der Waals surface area (Å²) in [5.74, 6) is -1.00. The minimum Gasteiger partial charge on any atom is -0.466 e. The highest BCUT2D eigenvalue weighted by Crippen LogP contribution is 2.32. The van der Waals surface area contributed by atoms with Crippen molar-refractivity contribution in [2.24, 2.45) is 7.05 Å². The zero-order chi connectivity index (χ0) is 23.5. The van der Waals surface area contributed by atoms with Crippen molar-refractivity contribution in [3.05, 3.63) is 74.4 Å². The Morgan fingerprint density at radius 1 is 1.06 bits per heavy atom. The van der Waals surface area contributed by atoms with Gasteiger partial charge >= 0.3 is 18.0 Å². The molecule has 10 heteroatoms. The third-order valence-electron chi connectivity index (χ3n) is 4.87. The van der Waals surface area contributed by atoms with Crippen LogP contribution in [0.5, 0.6) is 5.75 Å². The van der Waals surface area contributed by atoms with Crippen molar-refractivity contribution in [3.8, 4) is 5.75 Å². The summed E-state index contributed by atoms with van der Waals surface area (Å²) < 4.78 is 50.3. The molecule has 170 valence electrons. The monoisotopic (exact) mass is 450 g/mol. The highest BCUT2D eigenvalue weighted by molar-refractivity contribution is 5.84. The van der Waals surface area contributed by atoms with Crippen LogP contribution in [-0.4, -0.2) is 28.1 Å². The molecule has 0 unspecified atom stereocenters. The van der Waals surface area contributed by atoms with Crippen LogP contribution < -0.4 is 16.0 Å². The van der Waals surface area contributed by atoms with Crippen LogP contribution in [0.3, 0.4) is 0 Å². The Morgan fingerprint density at radius 2 is 1.75 bits per heavy atom. The molecule has 0 radical (unpaired) electrons. The van der Waals surface area contributed by atoms with Gasteiger partial charge in [-0.1, -0.05) is 30.3 Å². The molecule has 0 amide bonds. The van der Waals surface area contributed by atoms with E-state index in [0.29, 0.717) is 5.56 Å². The van der Waals surface area contributed by atoms with Gasteiger partial charge in [-0.15, -0.1) is 13.2 Å². The lowest BCUT2D eigenvalue weighted by molar-refractivity contribution is -0.274. The lowest BCUT2D eigenvalue weighted by Gasteiger charge is -2.18. The number of nitrogens with zero attached hydrogens (tertiary/aromatic N) is 2. The summed E-state index contributed by atoms with van der Waals surface area (Å²) in [6, 6.07) is 11.0. The van der Waals surface area contributed by atoms with E-state index in [-0.39, 0.29) is 42.5 Å². The summed E-state index contributed by atoms with van der Waals surface area (Å²) in [6.07, 6.45) is -4.78. The first-order valence-corrected chi connectivity index (χ1v) is 9.77. The number of aromatic nitrogens is 2. The quantitative estimate of drug-likeness (QED) is 0.408. The fourth-order valence-corrected chi connectivity index (χ4v) is 3.47. The summed E-state index contributed by atoms with van der Waals surface area (Å²) >= 11 is 0. The standard InChI is InChI=1S/C22H21F3N2O5/c1-14(28)31-12-6-11-27-20(29)19-16(13-15-7-4-3-5-8-15)18(32-22(23,24)25)10-9-17(19)26(2)21(27)30/h3-5,7-10H,6,11-13H2,1-2H3. The van der Waals surface area contributed by atoms with Crippen molar-refractivity contribution in [2.45, 2.75) is 32.7 Å². The lowest BCUT2D eigenvalue weighted by Crippen LogP contribution is -2.39. The van der Waals surface area contributed by atoms with E-state index in [1.54, 1.807) is 30.3 Å². The summed E-state index contributed by atoms with van der Waals surface area (Å²) in [5, 5.41) is -0.0369. The second-order valence-electron chi connectivity index (χ2n) is 7.14. The summed E-state index contributed by atoms with van der Waals surface area (Å²) in [4.78, 5) is 36.9. The number of alkyl halides is 3. The molecule has 0 saturated carbocycles. The predicted molar refractivity (Wildman–Crippen MR) is 111 cm³/mol. The Hall–Kier alpha value is -3.56. The fourth-order valence-electron chi connectivity index (χ4n) is 3.47. The zero-order valence-corrected chi connectivity index (χ0v) is 17.4. The van der Waals surface area contributed by atoms with Crippen molar-refractivity contribution in [1.29, 1.82) is 0 Å². The van der Waals surface area contributed by atoms with Gasteiger partial charge in [0.15, 0.2) is 0 Å². The first-order chi connectivity index (χ1) is 15.1. The molecule has 3 rings (SSSR count). The molecule has 32 heavy (non-hydrogen) atoms. The number of esters is 1. The number of halogens is 3. The third-order valence-corrected chi connectivity index (χ3v) is 4.87. The second kappa shape index (κ2) is 9.29. The van der Waals surface area contributed by atoms with Gasteiger partial charge in [0.1, 0.15) is 5.75 Å². The maximum absolute atomic E-state index is 13.3. The normalized spacial score (nSPS) is 11.5. The fraction of sp³-hybridized carbons (Fsp3) is 0.318. The third kappa shape index (κ3) is 5.19. The first kappa shape index (κ1) is 23.1. The minimum absolute atomic E-state index is 0.00291. The summed E-state index contributed by atoms with van der Waals surface area (Å²) in [5.41, 5.74) is -0.469. The van der Waals surface area contributed by atoms with Gasteiger partial charge in [0.05, 0.1) is 17.5 Å². The van der Waals surface area contributed by atoms with E-state index in [4.69, 9.17) is 4.74 Å². The van der Waals surface area contributed by atoms with Crippen molar-refractivity contribution in [3.63, 3.8) is 0 Å². The van der Waals surface area contributed by atoms with E-state index in [1.807, 2.05) is 0 Å². The topological polar surface area (TPSA) is 79.5 Å². The van der Waals surface area contributed by atoms with Crippen LogP contribution in [0.2, 0.25) is 0 Å². The Labute approximate surface area is 180 Å². The van der Waals surface area contributed by atoms with E-state index in [1.165, 1.54) is 24.6 Å². The molecule has 0 fully saturated rings. The predicted octanol–water partition coefficient (Wildman–Crippen LogP) is 3.14. The van der Waals surface area contributed by atoms with Crippen LogP contribution >= 0.6 is 0 Å². The van der Waals surface area contributed by atoms with E-state index in [2.05, 4.69) is 4.74 Å². The van der Waals surface area contributed by atoms with Gasteiger partial charge in [0.25, 0.3) is 5.56 Å². The molecule has 7 nitrogen and oxygen atoms in total. The molecule has 3 aromatic rings. The Bertz CT molecular complexity index is 1250. The Kier molecular flexibility index (Phi) is 6.71. The van der Waals surface area contributed by atoms with Gasteiger partial charge in [0, 0.05) is 32.5 Å². The molecule has 0 aliphatic heterocycles. The molecule has 2 aromatic carbocycles. The van der Waals surface area contributed by atoms with Crippen LogP contribution in [0.4, 0.5) is 13.2 Å². The number of benzene rings is 2. The van der Waals surface area contributed by atoms with Crippen LogP contribution in [-0.2, 0) is 29.5 Å². The minimum atomic E-state index is -4.96. The molecular formula is C22H21F3N2O5. The van der Waals surface area contributed by atoms with Crippen molar-refractivity contribution < 1.29 is 27.4 Å². The van der Waals surface area contributed by atoms with E-state index >= 15 is 0 Å². The van der Waals surface area contributed by atoms with Gasteiger partial charge in [0.2, 0.25) is 0 Å². The maximum Gasteiger partial charge on any atom is 0.573 e. The summed E-state index contributed by atoms with van der Waals surface area (Å²) in [7, 11) is 1.43. The van der Waals surface area contributed by atoms with Gasteiger partial charge in [-0.25, -0.2) is 4.79 Å². The molecule has 1 aromatic heterocycles. The van der Waals surface area contributed by atoms with Crippen LogP contribution in [0, 0.1) is 0 Å². The molecule has 0 aliphatic rings. The van der Waals surface area contributed by atoms with Gasteiger partial charge < -0.3 is 9.47 Å². The smallest absolute Gasteiger partial charge is 0.466 e.